The molecule has 1 N–H and O–H groups in total. The number of nitrogens with one attached hydrogen (secondary N) is 1. The Hall–Kier alpha value is -3.61. The molecular formula is C21H17FN2O4. The molecule has 4 rings (SSSR count). The zero-order chi connectivity index (χ0) is 19.3. The van der Waals surface area contributed by atoms with Crippen molar-refractivity contribution >= 4 is 12.1 Å². The molecule has 7 heteroatoms. The van der Waals surface area contributed by atoms with E-state index in [1.165, 1.54) is 18.3 Å². The highest BCUT2D eigenvalue weighted by Gasteiger charge is 2.13. The van der Waals surface area contributed by atoms with E-state index in [9.17, 15) is 9.18 Å². The van der Waals surface area contributed by atoms with Crippen LogP contribution in [0.2, 0.25) is 0 Å². The fourth-order valence-corrected chi connectivity index (χ4v) is 2.78. The van der Waals surface area contributed by atoms with Gasteiger partial charge in [0.25, 0.3) is 0 Å². The van der Waals surface area contributed by atoms with Crippen molar-refractivity contribution in [2.75, 3.05) is 13.2 Å². The first-order valence-electron chi connectivity index (χ1n) is 8.73. The third kappa shape index (κ3) is 4.20. The van der Waals surface area contributed by atoms with Crippen molar-refractivity contribution in [3.8, 4) is 22.8 Å². The summed E-state index contributed by atoms with van der Waals surface area (Å²) in [4.78, 5) is 12.1. The van der Waals surface area contributed by atoms with Gasteiger partial charge in [-0.2, -0.15) is 5.10 Å². The third-order valence-electron chi connectivity index (χ3n) is 4.11. The minimum Gasteiger partial charge on any atom is -0.486 e. The highest BCUT2D eigenvalue weighted by molar-refractivity contribution is 5.82. The van der Waals surface area contributed by atoms with E-state index in [1.807, 2.05) is 6.07 Å². The SMILES string of the molecule is O=C(Cc1ccc2c(c1)OCCO2)N/N=C/c1ccc(-c2ccc(F)cc2)o1. The van der Waals surface area contributed by atoms with Gasteiger partial charge in [-0.05, 0) is 54.1 Å². The van der Waals surface area contributed by atoms with E-state index in [0.29, 0.717) is 36.2 Å². The maximum Gasteiger partial charge on any atom is 0.244 e. The number of benzene rings is 2. The summed E-state index contributed by atoms with van der Waals surface area (Å²) in [7, 11) is 0. The lowest BCUT2D eigenvalue weighted by atomic mass is 10.1. The zero-order valence-electron chi connectivity index (χ0n) is 14.9. The number of rotatable bonds is 5. The minimum atomic E-state index is -0.308. The van der Waals surface area contributed by atoms with Gasteiger partial charge in [0.05, 0.1) is 12.6 Å². The van der Waals surface area contributed by atoms with E-state index in [1.54, 1.807) is 36.4 Å². The molecule has 0 atom stereocenters. The Morgan fingerprint density at radius 1 is 1.04 bits per heavy atom. The number of hydrazone groups is 1. The molecule has 2 heterocycles. The van der Waals surface area contributed by atoms with Crippen LogP contribution in [-0.2, 0) is 11.2 Å². The van der Waals surface area contributed by atoms with Crippen LogP contribution in [0.15, 0.2) is 64.1 Å². The van der Waals surface area contributed by atoms with Crippen LogP contribution in [0.25, 0.3) is 11.3 Å². The minimum absolute atomic E-state index is 0.160. The molecule has 2 aromatic carbocycles. The molecular weight excluding hydrogens is 363 g/mol. The second-order valence-corrected chi connectivity index (χ2v) is 6.16. The zero-order valence-corrected chi connectivity index (χ0v) is 14.9. The Balaban J connectivity index is 1.33. The maximum atomic E-state index is 13.0. The van der Waals surface area contributed by atoms with Crippen LogP contribution in [0.4, 0.5) is 4.39 Å². The average molecular weight is 380 g/mol. The Bertz CT molecular complexity index is 1010. The first-order valence-corrected chi connectivity index (χ1v) is 8.73. The van der Waals surface area contributed by atoms with Crippen LogP contribution >= 0.6 is 0 Å². The van der Waals surface area contributed by atoms with Crippen LogP contribution in [0, 0.1) is 5.82 Å². The van der Waals surface area contributed by atoms with Crippen LogP contribution in [0.3, 0.4) is 0 Å². The van der Waals surface area contributed by atoms with Crippen LogP contribution < -0.4 is 14.9 Å². The molecule has 1 aromatic heterocycles. The topological polar surface area (TPSA) is 73.1 Å². The highest BCUT2D eigenvalue weighted by Crippen LogP contribution is 2.30. The fourth-order valence-electron chi connectivity index (χ4n) is 2.78. The van der Waals surface area contributed by atoms with Crippen LogP contribution in [0.5, 0.6) is 11.5 Å². The van der Waals surface area contributed by atoms with Gasteiger partial charge in [0.15, 0.2) is 11.5 Å². The second-order valence-electron chi connectivity index (χ2n) is 6.16. The molecule has 0 unspecified atom stereocenters. The number of amides is 1. The molecule has 0 aliphatic carbocycles. The maximum absolute atomic E-state index is 13.0. The van der Waals surface area contributed by atoms with Gasteiger partial charge in [0.1, 0.15) is 30.6 Å². The van der Waals surface area contributed by atoms with Gasteiger partial charge in [-0.15, -0.1) is 0 Å². The number of hydrogen-bond acceptors (Lipinski definition) is 5. The van der Waals surface area contributed by atoms with Gasteiger partial charge >= 0.3 is 0 Å². The third-order valence-corrected chi connectivity index (χ3v) is 4.11. The molecule has 0 radical (unpaired) electrons. The van der Waals surface area contributed by atoms with Crippen molar-refractivity contribution in [2.24, 2.45) is 5.10 Å². The highest BCUT2D eigenvalue weighted by atomic mass is 19.1. The second kappa shape index (κ2) is 7.96. The Morgan fingerprint density at radius 2 is 1.82 bits per heavy atom. The molecule has 3 aromatic rings. The molecule has 6 nitrogen and oxygen atoms in total. The lowest BCUT2D eigenvalue weighted by molar-refractivity contribution is -0.120. The monoisotopic (exact) mass is 380 g/mol. The van der Waals surface area contributed by atoms with Gasteiger partial charge in [-0.1, -0.05) is 6.07 Å². The quantitative estimate of drug-likeness (QED) is 0.543. The summed E-state index contributed by atoms with van der Waals surface area (Å²) in [6.45, 7) is 1.02. The largest absolute Gasteiger partial charge is 0.486 e. The summed E-state index contributed by atoms with van der Waals surface area (Å²) in [5, 5.41) is 3.91. The Labute approximate surface area is 160 Å². The molecule has 0 spiro atoms. The summed E-state index contributed by atoms with van der Waals surface area (Å²) in [6.07, 6.45) is 1.57. The van der Waals surface area contributed by atoms with Gasteiger partial charge in [-0.25, -0.2) is 9.82 Å². The van der Waals surface area contributed by atoms with Crippen LogP contribution in [-0.4, -0.2) is 25.3 Å². The van der Waals surface area contributed by atoms with E-state index in [2.05, 4.69) is 10.5 Å². The van der Waals surface area contributed by atoms with Crippen LogP contribution in [0.1, 0.15) is 11.3 Å². The van der Waals surface area contributed by atoms with Gasteiger partial charge in [-0.3, -0.25) is 4.79 Å². The predicted octanol–water partition coefficient (Wildman–Crippen LogP) is 3.55. The van der Waals surface area contributed by atoms with Crippen molar-refractivity contribution < 1.29 is 23.1 Å². The number of carbonyl (C=O) groups excluding carboxylic acids is 1. The van der Waals surface area contributed by atoms with Crippen molar-refractivity contribution in [3.63, 3.8) is 0 Å². The predicted molar refractivity (Wildman–Crippen MR) is 101 cm³/mol. The lowest BCUT2D eigenvalue weighted by Gasteiger charge is -2.18. The first kappa shape index (κ1) is 17.8. The lowest BCUT2D eigenvalue weighted by Crippen LogP contribution is -2.20. The number of carbonyl (C=O) groups is 1. The van der Waals surface area contributed by atoms with Gasteiger partial charge in [0.2, 0.25) is 5.91 Å². The van der Waals surface area contributed by atoms with Gasteiger partial charge in [0, 0.05) is 5.56 Å². The number of furan rings is 1. The summed E-state index contributed by atoms with van der Waals surface area (Å²) in [6, 6.07) is 14.9. The fraction of sp³-hybridized carbons (Fsp3) is 0.143. The van der Waals surface area contributed by atoms with Crippen molar-refractivity contribution in [2.45, 2.75) is 6.42 Å². The number of ether oxygens (including phenoxy) is 2. The Kier molecular flexibility index (Phi) is 5.05. The number of halogens is 1. The molecule has 0 saturated heterocycles. The summed E-state index contributed by atoms with van der Waals surface area (Å²) in [5.74, 6) is 1.81. The summed E-state index contributed by atoms with van der Waals surface area (Å²) < 4.78 is 29.6. The number of fused-ring (bicyclic) bond motifs is 1. The number of nitrogens with zero attached hydrogens (tertiary/aromatic N) is 1. The van der Waals surface area contributed by atoms with E-state index >= 15 is 0 Å². The van der Waals surface area contributed by atoms with Gasteiger partial charge < -0.3 is 13.9 Å². The van der Waals surface area contributed by atoms with E-state index in [-0.39, 0.29) is 18.1 Å². The molecule has 1 amide bonds. The van der Waals surface area contributed by atoms with E-state index < -0.39 is 0 Å². The van der Waals surface area contributed by atoms with Crippen molar-refractivity contribution in [3.05, 3.63) is 71.7 Å². The van der Waals surface area contributed by atoms with Crippen molar-refractivity contribution in [1.29, 1.82) is 0 Å². The van der Waals surface area contributed by atoms with E-state index in [4.69, 9.17) is 13.9 Å². The summed E-state index contributed by atoms with van der Waals surface area (Å²) >= 11 is 0. The van der Waals surface area contributed by atoms with E-state index in [0.717, 1.165) is 11.1 Å². The molecule has 1 aliphatic heterocycles. The molecule has 142 valence electrons. The number of hydrogen-bond donors (Lipinski definition) is 1. The average Bonchev–Trinajstić information content (AvgIpc) is 3.17. The Morgan fingerprint density at radius 3 is 2.64 bits per heavy atom. The standard InChI is InChI=1S/C21H17FN2O4/c22-16-4-2-15(3-5-16)18-8-6-17(28-18)13-23-24-21(25)12-14-1-7-19-20(11-14)27-10-9-26-19/h1-8,11,13H,9-10,12H2,(H,24,25)/b23-13+. The molecule has 0 bridgehead atoms. The summed E-state index contributed by atoms with van der Waals surface area (Å²) in [5.41, 5.74) is 4.02. The molecule has 1 aliphatic rings. The molecule has 0 saturated carbocycles. The molecule has 0 fully saturated rings. The normalized spacial score (nSPS) is 12.9. The molecule has 28 heavy (non-hydrogen) atoms. The first-order chi connectivity index (χ1) is 13.7. The smallest absolute Gasteiger partial charge is 0.244 e. The van der Waals surface area contributed by atoms with Crippen molar-refractivity contribution in [1.82, 2.24) is 5.43 Å².